The van der Waals surface area contributed by atoms with Crippen LogP contribution in [0.25, 0.3) is 11.0 Å². The summed E-state index contributed by atoms with van der Waals surface area (Å²) in [5.74, 6) is -1.87. The van der Waals surface area contributed by atoms with E-state index in [0.717, 1.165) is 12.1 Å². The van der Waals surface area contributed by atoms with E-state index in [4.69, 9.17) is 5.73 Å². The zero-order valence-electron chi connectivity index (χ0n) is 10.6. The predicted molar refractivity (Wildman–Crippen MR) is 67.3 cm³/mol. The van der Waals surface area contributed by atoms with Crippen molar-refractivity contribution in [2.24, 2.45) is 0 Å². The number of halogens is 2. The van der Waals surface area contributed by atoms with Crippen LogP contribution in [-0.2, 0) is 11.3 Å². The van der Waals surface area contributed by atoms with Gasteiger partial charge < -0.3 is 15.6 Å². The first-order valence-corrected chi connectivity index (χ1v) is 5.78. The first-order valence-electron chi connectivity index (χ1n) is 5.78. The number of nitrogens with zero attached hydrogens (tertiary/aromatic N) is 2. The topological polar surface area (TPSA) is 72.9 Å². The van der Waals surface area contributed by atoms with Crippen LogP contribution in [-0.4, -0.2) is 21.5 Å². The Bertz CT molecular complexity index is 636. The van der Waals surface area contributed by atoms with Crippen LogP contribution in [0.2, 0.25) is 0 Å². The molecule has 0 atom stereocenters. The van der Waals surface area contributed by atoms with Crippen LogP contribution in [0.5, 0.6) is 0 Å². The van der Waals surface area contributed by atoms with Crippen molar-refractivity contribution in [3.8, 4) is 0 Å². The van der Waals surface area contributed by atoms with Gasteiger partial charge in [-0.2, -0.15) is 0 Å². The molecule has 102 valence electrons. The Kier molecular flexibility index (Phi) is 3.37. The van der Waals surface area contributed by atoms with E-state index in [9.17, 15) is 13.6 Å². The number of amides is 1. The van der Waals surface area contributed by atoms with E-state index < -0.39 is 11.6 Å². The summed E-state index contributed by atoms with van der Waals surface area (Å²) in [6.07, 6.45) is 0. The molecule has 0 spiro atoms. The molecule has 0 bridgehead atoms. The highest BCUT2D eigenvalue weighted by molar-refractivity contribution is 5.83. The van der Waals surface area contributed by atoms with Crippen LogP contribution in [0.4, 0.5) is 14.7 Å². The Hall–Kier alpha value is -2.18. The Labute approximate surface area is 108 Å². The third-order valence-electron chi connectivity index (χ3n) is 2.55. The van der Waals surface area contributed by atoms with Gasteiger partial charge in [0.2, 0.25) is 11.9 Å². The molecule has 0 aliphatic carbocycles. The molecule has 1 aromatic carbocycles. The summed E-state index contributed by atoms with van der Waals surface area (Å²) in [5, 5.41) is 2.67. The van der Waals surface area contributed by atoms with Gasteiger partial charge in [-0.1, -0.05) is 0 Å². The number of carbonyl (C=O) groups is 1. The standard InChI is InChI=1S/C12H14F2N4O/c1-6(2)16-10(19)5-18-9-4-7(13)3-8(14)11(9)17-12(18)15/h3-4,6H,5H2,1-2H3,(H2,15,17)(H,16,19). The fraction of sp³-hybridized carbons (Fsp3) is 0.333. The fourth-order valence-electron chi connectivity index (χ4n) is 1.84. The number of hydrogen-bond acceptors (Lipinski definition) is 3. The number of imidazole rings is 1. The summed E-state index contributed by atoms with van der Waals surface area (Å²) in [5.41, 5.74) is 5.75. The molecule has 5 nitrogen and oxygen atoms in total. The van der Waals surface area contributed by atoms with Crippen LogP contribution < -0.4 is 11.1 Å². The summed E-state index contributed by atoms with van der Waals surface area (Å²) in [6.45, 7) is 3.49. The van der Waals surface area contributed by atoms with Crippen molar-refractivity contribution in [3.63, 3.8) is 0 Å². The summed E-state index contributed by atoms with van der Waals surface area (Å²) in [4.78, 5) is 15.5. The van der Waals surface area contributed by atoms with Crippen molar-refractivity contribution in [2.45, 2.75) is 26.4 Å². The molecular weight excluding hydrogens is 254 g/mol. The minimum Gasteiger partial charge on any atom is -0.369 e. The molecule has 1 heterocycles. The second-order valence-electron chi connectivity index (χ2n) is 4.53. The van der Waals surface area contributed by atoms with Gasteiger partial charge in [-0.15, -0.1) is 0 Å². The lowest BCUT2D eigenvalue weighted by Crippen LogP contribution is -2.33. The number of rotatable bonds is 3. The maximum atomic E-state index is 13.5. The summed E-state index contributed by atoms with van der Waals surface area (Å²) < 4.78 is 28.0. The van der Waals surface area contributed by atoms with Crippen LogP contribution in [0, 0.1) is 11.6 Å². The molecule has 7 heteroatoms. The molecule has 1 amide bonds. The molecule has 3 N–H and O–H groups in total. The van der Waals surface area contributed by atoms with Gasteiger partial charge in [-0.25, -0.2) is 13.8 Å². The second kappa shape index (κ2) is 4.83. The van der Waals surface area contributed by atoms with Gasteiger partial charge in [0.05, 0.1) is 5.52 Å². The average molecular weight is 268 g/mol. The highest BCUT2D eigenvalue weighted by atomic mass is 19.1. The Balaban J connectivity index is 2.43. The van der Waals surface area contributed by atoms with Gasteiger partial charge in [0, 0.05) is 18.2 Å². The van der Waals surface area contributed by atoms with E-state index >= 15 is 0 Å². The van der Waals surface area contributed by atoms with Crippen molar-refractivity contribution in [2.75, 3.05) is 5.73 Å². The number of anilines is 1. The van der Waals surface area contributed by atoms with Gasteiger partial charge in [-0.05, 0) is 13.8 Å². The number of aromatic nitrogens is 2. The van der Waals surface area contributed by atoms with Gasteiger partial charge in [0.25, 0.3) is 0 Å². The van der Waals surface area contributed by atoms with Crippen LogP contribution in [0.15, 0.2) is 12.1 Å². The number of nitrogen functional groups attached to an aromatic ring is 1. The maximum Gasteiger partial charge on any atom is 0.240 e. The van der Waals surface area contributed by atoms with E-state index in [1.165, 1.54) is 4.57 Å². The van der Waals surface area contributed by atoms with E-state index in [-0.39, 0.29) is 35.5 Å². The predicted octanol–water partition coefficient (Wildman–Crippen LogP) is 1.42. The van der Waals surface area contributed by atoms with Gasteiger partial charge in [0.15, 0.2) is 5.82 Å². The van der Waals surface area contributed by atoms with Crippen molar-refractivity contribution in [3.05, 3.63) is 23.8 Å². The lowest BCUT2D eigenvalue weighted by Gasteiger charge is -2.10. The van der Waals surface area contributed by atoms with E-state index in [1.54, 1.807) is 0 Å². The van der Waals surface area contributed by atoms with E-state index in [2.05, 4.69) is 10.3 Å². The third-order valence-corrected chi connectivity index (χ3v) is 2.55. The molecule has 0 radical (unpaired) electrons. The SMILES string of the molecule is CC(C)NC(=O)Cn1c(N)nc2c(F)cc(F)cc21. The molecular formula is C12H14F2N4O. The first-order chi connectivity index (χ1) is 8.88. The molecule has 19 heavy (non-hydrogen) atoms. The second-order valence-corrected chi connectivity index (χ2v) is 4.53. The number of carbonyl (C=O) groups excluding carboxylic acids is 1. The zero-order chi connectivity index (χ0) is 14.2. The summed E-state index contributed by atoms with van der Waals surface area (Å²) >= 11 is 0. The summed E-state index contributed by atoms with van der Waals surface area (Å²) in [7, 11) is 0. The fourth-order valence-corrected chi connectivity index (χ4v) is 1.84. The number of nitrogens with one attached hydrogen (secondary N) is 1. The van der Waals surface area contributed by atoms with Gasteiger partial charge in [-0.3, -0.25) is 4.79 Å². The quantitative estimate of drug-likeness (QED) is 0.884. The monoisotopic (exact) mass is 268 g/mol. The van der Waals surface area contributed by atoms with Crippen molar-refractivity contribution >= 4 is 22.9 Å². The molecule has 0 aliphatic heterocycles. The lowest BCUT2D eigenvalue weighted by atomic mass is 10.3. The van der Waals surface area contributed by atoms with Gasteiger partial charge in [0.1, 0.15) is 17.9 Å². The minimum atomic E-state index is -0.801. The molecule has 0 fully saturated rings. The molecule has 0 aliphatic rings. The molecule has 2 rings (SSSR count). The smallest absolute Gasteiger partial charge is 0.240 e. The van der Waals surface area contributed by atoms with E-state index in [1.807, 2.05) is 13.8 Å². The third kappa shape index (κ3) is 2.64. The molecule has 1 aromatic heterocycles. The van der Waals surface area contributed by atoms with Crippen molar-refractivity contribution in [1.82, 2.24) is 14.9 Å². The van der Waals surface area contributed by atoms with E-state index in [0.29, 0.717) is 0 Å². The zero-order valence-corrected chi connectivity index (χ0v) is 10.6. The highest BCUT2D eigenvalue weighted by Crippen LogP contribution is 2.21. The minimum absolute atomic E-state index is 0.0293. The molecule has 0 unspecified atom stereocenters. The van der Waals surface area contributed by atoms with Crippen molar-refractivity contribution < 1.29 is 13.6 Å². The molecule has 0 saturated heterocycles. The number of benzene rings is 1. The summed E-state index contributed by atoms with van der Waals surface area (Å²) in [6, 6.07) is 1.80. The Morgan fingerprint density at radius 2 is 2.16 bits per heavy atom. The lowest BCUT2D eigenvalue weighted by molar-refractivity contribution is -0.122. The maximum absolute atomic E-state index is 13.5. The van der Waals surface area contributed by atoms with Crippen molar-refractivity contribution in [1.29, 1.82) is 0 Å². The largest absolute Gasteiger partial charge is 0.369 e. The Morgan fingerprint density at radius 3 is 2.79 bits per heavy atom. The Morgan fingerprint density at radius 1 is 1.47 bits per heavy atom. The molecule has 0 saturated carbocycles. The number of hydrogen-bond donors (Lipinski definition) is 2. The van der Waals surface area contributed by atoms with Gasteiger partial charge >= 0.3 is 0 Å². The first kappa shape index (κ1) is 13.3. The normalized spacial score (nSPS) is 11.2. The molecule has 2 aromatic rings. The number of fused-ring (bicyclic) bond motifs is 1. The highest BCUT2D eigenvalue weighted by Gasteiger charge is 2.16. The van der Waals surface area contributed by atoms with Crippen LogP contribution in [0.1, 0.15) is 13.8 Å². The van der Waals surface area contributed by atoms with Crippen LogP contribution >= 0.6 is 0 Å². The number of nitrogens with two attached hydrogens (primary N) is 1. The van der Waals surface area contributed by atoms with Crippen LogP contribution in [0.3, 0.4) is 0 Å². The average Bonchev–Trinajstić information content (AvgIpc) is 2.56.